The first-order valence-electron chi connectivity index (χ1n) is 6.91. The van der Waals surface area contributed by atoms with Crippen LogP contribution in [0.15, 0.2) is 48.0 Å². The van der Waals surface area contributed by atoms with Gasteiger partial charge in [0.05, 0.1) is 6.42 Å². The molecule has 0 aliphatic carbocycles. The van der Waals surface area contributed by atoms with Crippen molar-refractivity contribution in [3.63, 3.8) is 0 Å². The zero-order valence-electron chi connectivity index (χ0n) is 12.0. The molecule has 1 amide bonds. The Morgan fingerprint density at radius 1 is 1.14 bits per heavy atom. The van der Waals surface area contributed by atoms with Crippen LogP contribution in [0.2, 0.25) is 0 Å². The standard InChI is InChI=1S/C17H17NO3S/c19-16(20)8-9-18-17(21)14(11-22)10-13-6-3-5-12-4-1-2-7-15(12)13/h1-7,10,22H,8-9,11H2,(H,18,21)(H,19,20)/b14-10-. The molecule has 0 fully saturated rings. The van der Waals surface area contributed by atoms with Gasteiger partial charge in [-0.15, -0.1) is 0 Å². The van der Waals surface area contributed by atoms with Gasteiger partial charge in [-0.3, -0.25) is 9.59 Å². The van der Waals surface area contributed by atoms with Crippen LogP contribution < -0.4 is 5.32 Å². The summed E-state index contributed by atoms with van der Waals surface area (Å²) in [6.45, 7) is 0.106. The Morgan fingerprint density at radius 3 is 2.59 bits per heavy atom. The number of benzene rings is 2. The minimum absolute atomic E-state index is 0.0974. The summed E-state index contributed by atoms with van der Waals surface area (Å²) in [5, 5.41) is 13.3. The number of hydrogen-bond donors (Lipinski definition) is 3. The van der Waals surface area contributed by atoms with Gasteiger partial charge in [0, 0.05) is 17.9 Å². The normalized spacial score (nSPS) is 11.4. The van der Waals surface area contributed by atoms with Crippen LogP contribution in [0.3, 0.4) is 0 Å². The van der Waals surface area contributed by atoms with Crippen molar-refractivity contribution in [2.24, 2.45) is 0 Å². The predicted molar refractivity (Wildman–Crippen MR) is 91.0 cm³/mol. The van der Waals surface area contributed by atoms with Crippen LogP contribution in [-0.4, -0.2) is 29.3 Å². The first-order chi connectivity index (χ1) is 10.6. The smallest absolute Gasteiger partial charge is 0.305 e. The number of amides is 1. The zero-order chi connectivity index (χ0) is 15.9. The lowest BCUT2D eigenvalue weighted by atomic mass is 10.0. The molecule has 0 unspecified atom stereocenters. The van der Waals surface area contributed by atoms with E-state index in [1.807, 2.05) is 42.5 Å². The molecule has 0 saturated heterocycles. The molecule has 4 nitrogen and oxygen atoms in total. The van der Waals surface area contributed by atoms with E-state index < -0.39 is 5.97 Å². The third kappa shape index (κ3) is 4.11. The minimum Gasteiger partial charge on any atom is -0.481 e. The molecule has 0 saturated carbocycles. The monoisotopic (exact) mass is 315 g/mol. The largest absolute Gasteiger partial charge is 0.481 e. The average Bonchev–Trinajstić information content (AvgIpc) is 2.52. The van der Waals surface area contributed by atoms with E-state index in [1.54, 1.807) is 6.08 Å². The highest BCUT2D eigenvalue weighted by atomic mass is 32.1. The molecule has 0 aliphatic heterocycles. The Bertz CT molecular complexity index is 719. The lowest BCUT2D eigenvalue weighted by Crippen LogP contribution is -2.27. The number of carbonyl (C=O) groups is 2. The number of hydrogen-bond acceptors (Lipinski definition) is 3. The second-order valence-electron chi connectivity index (χ2n) is 4.80. The molecule has 0 heterocycles. The number of thiol groups is 1. The summed E-state index contributed by atoms with van der Waals surface area (Å²) >= 11 is 4.20. The molecular formula is C17H17NO3S. The van der Waals surface area contributed by atoms with Gasteiger partial charge in [0.25, 0.3) is 0 Å². The Balaban J connectivity index is 2.23. The highest BCUT2D eigenvalue weighted by Crippen LogP contribution is 2.21. The van der Waals surface area contributed by atoms with E-state index in [9.17, 15) is 9.59 Å². The zero-order valence-corrected chi connectivity index (χ0v) is 12.8. The third-order valence-corrected chi connectivity index (χ3v) is 3.58. The topological polar surface area (TPSA) is 66.4 Å². The molecule has 0 aliphatic rings. The van der Waals surface area contributed by atoms with Crippen molar-refractivity contribution in [3.8, 4) is 0 Å². The summed E-state index contributed by atoms with van der Waals surface area (Å²) in [6.07, 6.45) is 1.70. The fourth-order valence-electron chi connectivity index (χ4n) is 2.14. The molecule has 5 heteroatoms. The fourth-order valence-corrected chi connectivity index (χ4v) is 2.38. The Morgan fingerprint density at radius 2 is 1.86 bits per heavy atom. The Kier molecular flexibility index (Phi) is 5.61. The summed E-state index contributed by atoms with van der Waals surface area (Å²) in [4.78, 5) is 22.6. The third-order valence-electron chi connectivity index (χ3n) is 3.24. The van der Waals surface area contributed by atoms with E-state index in [0.717, 1.165) is 16.3 Å². The molecule has 2 aromatic carbocycles. The van der Waals surface area contributed by atoms with E-state index in [1.165, 1.54) is 0 Å². The van der Waals surface area contributed by atoms with E-state index in [2.05, 4.69) is 17.9 Å². The second kappa shape index (κ2) is 7.66. The van der Waals surface area contributed by atoms with Crippen LogP contribution >= 0.6 is 12.6 Å². The molecule has 2 aromatic rings. The molecule has 22 heavy (non-hydrogen) atoms. The molecule has 0 bridgehead atoms. The van der Waals surface area contributed by atoms with Crippen LogP contribution in [0.4, 0.5) is 0 Å². The number of aliphatic carboxylic acids is 1. The second-order valence-corrected chi connectivity index (χ2v) is 5.11. The number of fused-ring (bicyclic) bond motifs is 1. The number of carbonyl (C=O) groups excluding carboxylic acids is 1. The van der Waals surface area contributed by atoms with Gasteiger partial charge in [-0.25, -0.2) is 0 Å². The lowest BCUT2D eigenvalue weighted by Gasteiger charge is -2.07. The van der Waals surface area contributed by atoms with Crippen LogP contribution in [0.5, 0.6) is 0 Å². The first-order valence-corrected chi connectivity index (χ1v) is 7.54. The summed E-state index contributed by atoms with van der Waals surface area (Å²) in [6, 6.07) is 13.8. The van der Waals surface area contributed by atoms with E-state index >= 15 is 0 Å². The maximum absolute atomic E-state index is 12.1. The Hall–Kier alpha value is -2.27. The van der Waals surface area contributed by atoms with Crippen LogP contribution in [0.25, 0.3) is 16.8 Å². The Labute approximate surface area is 134 Å². The molecular weight excluding hydrogens is 298 g/mol. The molecule has 114 valence electrons. The highest BCUT2D eigenvalue weighted by molar-refractivity contribution is 7.80. The summed E-state index contributed by atoms with van der Waals surface area (Å²) in [7, 11) is 0. The molecule has 2 N–H and O–H groups in total. The van der Waals surface area contributed by atoms with E-state index in [-0.39, 0.29) is 24.6 Å². The predicted octanol–water partition coefficient (Wildman–Crippen LogP) is 2.74. The summed E-state index contributed by atoms with van der Waals surface area (Å²) in [5.74, 6) is -0.947. The van der Waals surface area contributed by atoms with Crippen molar-refractivity contribution in [2.75, 3.05) is 12.3 Å². The minimum atomic E-state index is -0.939. The van der Waals surface area contributed by atoms with Gasteiger partial charge in [-0.2, -0.15) is 12.6 Å². The van der Waals surface area contributed by atoms with Gasteiger partial charge < -0.3 is 10.4 Å². The molecule has 0 spiro atoms. The van der Waals surface area contributed by atoms with Gasteiger partial charge in [0.15, 0.2) is 0 Å². The van der Waals surface area contributed by atoms with Crippen molar-refractivity contribution >= 4 is 41.4 Å². The quantitative estimate of drug-likeness (QED) is 0.567. The number of nitrogens with one attached hydrogen (secondary N) is 1. The van der Waals surface area contributed by atoms with Crippen molar-refractivity contribution in [2.45, 2.75) is 6.42 Å². The van der Waals surface area contributed by atoms with E-state index in [0.29, 0.717) is 5.57 Å². The van der Waals surface area contributed by atoms with Crippen LogP contribution in [-0.2, 0) is 9.59 Å². The van der Waals surface area contributed by atoms with Gasteiger partial charge in [0.1, 0.15) is 0 Å². The number of carboxylic acid groups (broad SMARTS) is 1. The van der Waals surface area contributed by atoms with E-state index in [4.69, 9.17) is 5.11 Å². The van der Waals surface area contributed by atoms with Gasteiger partial charge >= 0.3 is 5.97 Å². The lowest BCUT2D eigenvalue weighted by molar-refractivity contribution is -0.136. The van der Waals surface area contributed by atoms with Gasteiger partial charge in [0.2, 0.25) is 5.91 Å². The van der Waals surface area contributed by atoms with Crippen LogP contribution in [0.1, 0.15) is 12.0 Å². The molecule has 2 rings (SSSR count). The summed E-state index contributed by atoms with van der Waals surface area (Å²) < 4.78 is 0. The molecule has 0 radical (unpaired) electrons. The van der Waals surface area contributed by atoms with Crippen LogP contribution in [0, 0.1) is 0 Å². The first kappa shape index (κ1) is 16.1. The molecule has 0 aromatic heterocycles. The van der Waals surface area contributed by atoms with Gasteiger partial charge in [-0.05, 0) is 22.4 Å². The van der Waals surface area contributed by atoms with Crippen molar-refractivity contribution in [1.82, 2.24) is 5.32 Å². The van der Waals surface area contributed by atoms with Gasteiger partial charge in [-0.1, -0.05) is 42.5 Å². The maximum atomic E-state index is 12.1. The fraction of sp³-hybridized carbons (Fsp3) is 0.176. The van der Waals surface area contributed by atoms with Crippen molar-refractivity contribution < 1.29 is 14.7 Å². The molecule has 0 atom stereocenters. The summed E-state index contributed by atoms with van der Waals surface area (Å²) in [5.41, 5.74) is 1.45. The number of rotatable bonds is 6. The average molecular weight is 315 g/mol. The van der Waals surface area contributed by atoms with Crippen molar-refractivity contribution in [3.05, 3.63) is 53.6 Å². The highest BCUT2D eigenvalue weighted by Gasteiger charge is 2.09. The number of carboxylic acids is 1. The SMILES string of the molecule is O=C(O)CCNC(=O)/C(=C\c1cccc2ccccc12)CS. The van der Waals surface area contributed by atoms with Crippen molar-refractivity contribution in [1.29, 1.82) is 0 Å². The maximum Gasteiger partial charge on any atom is 0.305 e.